The van der Waals surface area contributed by atoms with E-state index in [0.717, 1.165) is 5.56 Å². The van der Waals surface area contributed by atoms with Crippen LogP contribution in [0.3, 0.4) is 0 Å². The Kier molecular flexibility index (Phi) is 23.5. The second-order valence-corrected chi connectivity index (χ2v) is 20.7. The summed E-state index contributed by atoms with van der Waals surface area (Å²) in [5.74, 6) is -0.463. The van der Waals surface area contributed by atoms with Crippen LogP contribution in [0.15, 0.2) is 35.4 Å². The number of nitrogens with zero attached hydrogens (tertiary/aromatic N) is 3. The third kappa shape index (κ3) is 13.0. The number of azide groups is 1. The largest absolute Gasteiger partial charge is 0.382 e. The van der Waals surface area contributed by atoms with Gasteiger partial charge in [0.05, 0.1) is 50.8 Å². The maximum atomic E-state index is 9.49. The molecule has 8 rings (SSSR count). The average Bonchev–Trinajstić information content (AvgIpc) is 3.94. The van der Waals surface area contributed by atoms with Gasteiger partial charge in [-0.3, -0.25) is 0 Å². The molecule has 0 radical (unpaired) electrons. The number of hydrogen-bond donors (Lipinski definition) is 0. The van der Waals surface area contributed by atoms with Crippen LogP contribution >= 0.6 is 0 Å². The standard InChI is InChI=1S/C53H85N3O24/c1-15-53(2,32-27-24-70-48(71-27)33(55-56-54)38(32)60-6)80-52-46(68-14)42(64-10)36(30(75-52)23-59-5)79-50-44(66-12)39(61-7)34(28(73-50)21-57-3)77-49-43(65-11)40(62-8)35(29(72-49)22-58-4)78-51-45(67-13)41(63-9)37-31(74-51)25-69-47(76-37)26-19-17-16-18-20-26/h16-20,27-52H,15,21-25H2,1-14H3/t27?,28-,29?,30-,31?,32-,33-,34+,35+,36+,37+,38?,39?,40?,41?,42?,43-,44?,45-,46?,47?,48+,49-,50+,51-,52-,53?/m0/s1. The van der Waals surface area contributed by atoms with E-state index in [1.807, 2.05) is 44.2 Å². The minimum Gasteiger partial charge on any atom is -0.382 e. The van der Waals surface area contributed by atoms with E-state index >= 15 is 0 Å². The Balaban J connectivity index is 0.999. The van der Waals surface area contributed by atoms with Crippen LogP contribution in [0.2, 0.25) is 0 Å². The van der Waals surface area contributed by atoms with Gasteiger partial charge in [-0.15, -0.1) is 0 Å². The van der Waals surface area contributed by atoms with Crippen LogP contribution in [0, 0.1) is 5.92 Å². The first-order chi connectivity index (χ1) is 38.9. The first kappa shape index (κ1) is 63.6. The molecule has 1 aromatic carbocycles. The van der Waals surface area contributed by atoms with Crippen molar-refractivity contribution >= 4 is 0 Å². The third-order valence-corrected chi connectivity index (χ3v) is 16.5. The highest BCUT2D eigenvalue weighted by Crippen LogP contribution is 2.47. The molecule has 7 saturated heterocycles. The quantitative estimate of drug-likeness (QED) is 0.0695. The molecule has 0 spiro atoms. The van der Waals surface area contributed by atoms with Gasteiger partial charge >= 0.3 is 0 Å². The molecule has 12 unspecified atom stereocenters. The summed E-state index contributed by atoms with van der Waals surface area (Å²) in [6.45, 7) is 4.45. The summed E-state index contributed by atoms with van der Waals surface area (Å²) in [4.78, 5) is 3.07. The summed E-state index contributed by atoms with van der Waals surface area (Å²) < 4.78 is 152. The Bertz CT molecular complexity index is 2060. The molecule has 456 valence electrons. The number of ether oxygens (including phenoxy) is 24. The van der Waals surface area contributed by atoms with Crippen LogP contribution in [-0.2, 0) is 114 Å². The summed E-state index contributed by atoms with van der Waals surface area (Å²) in [5, 5.41) is 4.01. The molecule has 0 aliphatic carbocycles. The first-order valence-electron chi connectivity index (χ1n) is 27.0. The van der Waals surface area contributed by atoms with Crippen LogP contribution in [0.4, 0.5) is 0 Å². The van der Waals surface area contributed by atoms with Crippen molar-refractivity contribution in [3.8, 4) is 0 Å². The van der Waals surface area contributed by atoms with E-state index in [0.29, 0.717) is 6.42 Å². The molecule has 0 saturated carbocycles. The van der Waals surface area contributed by atoms with Gasteiger partial charge in [0.1, 0.15) is 104 Å². The fraction of sp³-hybridized carbons (Fsp3) is 0.887. The zero-order valence-electron chi connectivity index (χ0n) is 48.3. The van der Waals surface area contributed by atoms with Crippen LogP contribution < -0.4 is 0 Å². The van der Waals surface area contributed by atoms with Gasteiger partial charge < -0.3 is 114 Å². The predicted molar refractivity (Wildman–Crippen MR) is 273 cm³/mol. The zero-order chi connectivity index (χ0) is 57.3. The van der Waals surface area contributed by atoms with Crippen LogP contribution in [0.25, 0.3) is 10.4 Å². The van der Waals surface area contributed by atoms with Crippen molar-refractivity contribution in [2.45, 2.75) is 180 Å². The lowest BCUT2D eigenvalue weighted by Crippen LogP contribution is -2.69. The number of methoxy groups -OCH3 is 12. The molecule has 7 aliphatic heterocycles. The van der Waals surface area contributed by atoms with Gasteiger partial charge in [0.25, 0.3) is 0 Å². The van der Waals surface area contributed by atoms with Crippen molar-refractivity contribution < 1.29 is 114 Å². The molecule has 0 aromatic heterocycles. The van der Waals surface area contributed by atoms with E-state index < -0.39 is 165 Å². The van der Waals surface area contributed by atoms with E-state index in [-0.39, 0.29) is 33.0 Å². The van der Waals surface area contributed by atoms with Crippen molar-refractivity contribution in [3.05, 3.63) is 46.3 Å². The molecule has 7 aliphatic rings. The topological polar surface area (TPSA) is 270 Å². The molecule has 7 heterocycles. The molecule has 0 amide bonds. The van der Waals surface area contributed by atoms with E-state index in [1.54, 1.807) is 56.9 Å². The summed E-state index contributed by atoms with van der Waals surface area (Å²) in [6, 6.07) is 8.88. The Hall–Kier alpha value is -2.43. The fourth-order valence-electron chi connectivity index (χ4n) is 12.6. The average molecular weight is 1150 g/mol. The van der Waals surface area contributed by atoms with Gasteiger partial charge in [0.15, 0.2) is 37.7 Å². The smallest absolute Gasteiger partial charge is 0.187 e. The lowest BCUT2D eigenvalue weighted by molar-refractivity contribution is -0.404. The highest BCUT2D eigenvalue weighted by molar-refractivity contribution is 5.17. The molecular weight excluding hydrogens is 1060 g/mol. The van der Waals surface area contributed by atoms with Crippen molar-refractivity contribution in [2.75, 3.05) is 118 Å². The second kappa shape index (κ2) is 29.6. The summed E-state index contributed by atoms with van der Waals surface area (Å²) in [5.41, 5.74) is 9.35. The van der Waals surface area contributed by atoms with Crippen molar-refractivity contribution in [1.29, 1.82) is 0 Å². The normalized spacial score (nSPS) is 43.7. The van der Waals surface area contributed by atoms with Gasteiger partial charge in [-0.25, -0.2) is 0 Å². The zero-order valence-corrected chi connectivity index (χ0v) is 48.3. The minimum absolute atomic E-state index is 0.00908. The molecule has 27 heteroatoms. The van der Waals surface area contributed by atoms with Gasteiger partial charge in [0.2, 0.25) is 0 Å². The third-order valence-electron chi connectivity index (χ3n) is 16.5. The van der Waals surface area contributed by atoms with Crippen molar-refractivity contribution in [1.82, 2.24) is 0 Å². The molecule has 27 nitrogen and oxygen atoms in total. The molecule has 1 aromatic rings. The van der Waals surface area contributed by atoms with Crippen molar-refractivity contribution in [3.63, 3.8) is 0 Å². The van der Waals surface area contributed by atoms with E-state index in [9.17, 15) is 5.53 Å². The Morgan fingerprint density at radius 1 is 0.500 bits per heavy atom. The van der Waals surface area contributed by atoms with Gasteiger partial charge in [-0.05, 0) is 18.9 Å². The van der Waals surface area contributed by atoms with Gasteiger partial charge in [0, 0.05) is 102 Å². The summed E-state index contributed by atoms with van der Waals surface area (Å²) in [6.07, 6.45) is -19.5. The van der Waals surface area contributed by atoms with Gasteiger partial charge in [-0.2, -0.15) is 0 Å². The van der Waals surface area contributed by atoms with Crippen LogP contribution in [0.5, 0.6) is 0 Å². The molecule has 2 bridgehead atoms. The molecule has 0 N–H and O–H groups in total. The number of hydrogen-bond acceptors (Lipinski definition) is 25. The molecular formula is C53H85N3O24. The van der Waals surface area contributed by atoms with E-state index in [4.69, 9.17) is 114 Å². The Morgan fingerprint density at radius 2 is 0.938 bits per heavy atom. The number of fused-ring (bicyclic) bond motifs is 3. The van der Waals surface area contributed by atoms with E-state index in [2.05, 4.69) is 10.0 Å². The maximum Gasteiger partial charge on any atom is 0.187 e. The lowest BCUT2D eigenvalue weighted by Gasteiger charge is -2.53. The maximum absolute atomic E-state index is 9.49. The highest BCUT2D eigenvalue weighted by Gasteiger charge is 2.61. The summed E-state index contributed by atoms with van der Waals surface area (Å²) in [7, 11) is 18.5. The number of rotatable bonds is 27. The predicted octanol–water partition coefficient (Wildman–Crippen LogP) is 2.47. The Labute approximate surface area is 467 Å². The summed E-state index contributed by atoms with van der Waals surface area (Å²) >= 11 is 0. The second-order valence-electron chi connectivity index (χ2n) is 20.7. The molecule has 7 fully saturated rings. The SMILES string of the molecule is CCC(C)(O[C@@H]1O[C@@H](COC)[C@@H](O[C@H]2O[C@@H](COC)[C@@H](O[C@@H]3OC(COC)[C@@H](O[C@@H]4OC5COC(c6ccccc6)O[C@H]5C(OC)[C@@H]4OC)C(OC)[C@@H]3OC)C(OC)C2OC)C(OC)C1OC)[C@H]1C2CO[C@H](O2)[C@@H](N=[N+]=[N-])C1OC. The Morgan fingerprint density at radius 3 is 1.39 bits per heavy atom. The monoisotopic (exact) mass is 1150 g/mol. The van der Waals surface area contributed by atoms with Crippen LogP contribution in [-0.4, -0.2) is 271 Å². The highest BCUT2D eigenvalue weighted by atomic mass is 16.8. The molecule has 80 heavy (non-hydrogen) atoms. The fourth-order valence-corrected chi connectivity index (χ4v) is 12.6. The molecule has 27 atom stereocenters. The van der Waals surface area contributed by atoms with Crippen LogP contribution in [0.1, 0.15) is 32.1 Å². The van der Waals surface area contributed by atoms with Gasteiger partial charge in [-0.1, -0.05) is 42.4 Å². The first-order valence-corrected chi connectivity index (χ1v) is 27.0. The number of benzene rings is 1. The minimum atomic E-state index is -1.15. The van der Waals surface area contributed by atoms with E-state index in [1.165, 1.54) is 28.4 Å². The lowest BCUT2D eigenvalue weighted by atomic mass is 9.75. The van der Waals surface area contributed by atoms with Crippen molar-refractivity contribution in [2.24, 2.45) is 11.0 Å².